The second-order valence-corrected chi connectivity index (χ2v) is 7.43. The van der Waals surface area contributed by atoms with Gasteiger partial charge in [0.15, 0.2) is 0 Å². The van der Waals surface area contributed by atoms with E-state index < -0.39 is 17.7 Å². The number of likely N-dealkylation sites (tertiary alicyclic amines) is 1. The molecule has 1 amide bonds. The van der Waals surface area contributed by atoms with Gasteiger partial charge in [0.2, 0.25) is 0 Å². The molecule has 2 N–H and O–H groups in total. The Labute approximate surface area is 180 Å². The third-order valence-electron chi connectivity index (χ3n) is 4.94. The van der Waals surface area contributed by atoms with Gasteiger partial charge in [-0.1, -0.05) is 37.1 Å². The molecule has 1 unspecified atom stereocenters. The van der Waals surface area contributed by atoms with E-state index in [1.54, 1.807) is 48.5 Å². The largest absolute Gasteiger partial charge is 0.507 e. The number of amides is 1. The zero-order valence-corrected chi connectivity index (χ0v) is 17.4. The Kier molecular flexibility index (Phi) is 7.13. The number of benzene rings is 2. The lowest BCUT2D eigenvalue weighted by molar-refractivity contribution is -0.139. The van der Waals surface area contributed by atoms with Gasteiger partial charge in [0.1, 0.15) is 18.1 Å². The van der Waals surface area contributed by atoms with E-state index in [1.807, 2.05) is 6.92 Å². The SMILES string of the molecule is CCCCN1C(=O)C(=O)/C(=C(\O)c2ccc(Cl)cc2)C1c1cccc(OCCO)c1. The monoisotopic (exact) mass is 429 g/mol. The fourth-order valence-electron chi connectivity index (χ4n) is 3.49. The average molecular weight is 430 g/mol. The molecule has 0 aromatic heterocycles. The van der Waals surface area contributed by atoms with Crippen LogP contribution in [0.25, 0.3) is 5.76 Å². The maximum atomic E-state index is 12.9. The number of aliphatic hydroxyl groups is 2. The van der Waals surface area contributed by atoms with Crippen molar-refractivity contribution < 1.29 is 24.5 Å². The number of carbonyl (C=O) groups is 2. The van der Waals surface area contributed by atoms with Gasteiger partial charge in [-0.2, -0.15) is 0 Å². The molecular formula is C23H24ClNO5. The summed E-state index contributed by atoms with van der Waals surface area (Å²) in [5.41, 5.74) is 1.10. The first-order valence-corrected chi connectivity index (χ1v) is 10.2. The fraction of sp³-hybridized carbons (Fsp3) is 0.304. The van der Waals surface area contributed by atoms with Crippen LogP contribution in [0.3, 0.4) is 0 Å². The number of halogens is 1. The first-order valence-electron chi connectivity index (χ1n) is 9.86. The van der Waals surface area contributed by atoms with Gasteiger partial charge < -0.3 is 19.8 Å². The maximum Gasteiger partial charge on any atom is 0.295 e. The minimum Gasteiger partial charge on any atom is -0.507 e. The summed E-state index contributed by atoms with van der Waals surface area (Å²) in [5, 5.41) is 20.5. The number of hydrogen-bond acceptors (Lipinski definition) is 5. The molecule has 1 atom stereocenters. The third-order valence-corrected chi connectivity index (χ3v) is 5.20. The number of ether oxygens (including phenoxy) is 1. The molecule has 6 nitrogen and oxygen atoms in total. The highest BCUT2D eigenvalue weighted by atomic mass is 35.5. The average Bonchev–Trinajstić information content (AvgIpc) is 3.01. The highest BCUT2D eigenvalue weighted by molar-refractivity contribution is 6.46. The summed E-state index contributed by atoms with van der Waals surface area (Å²) in [4.78, 5) is 27.2. The normalized spacial score (nSPS) is 18.1. The lowest BCUT2D eigenvalue weighted by Gasteiger charge is -2.25. The molecular weight excluding hydrogens is 406 g/mol. The van der Waals surface area contributed by atoms with Crippen molar-refractivity contribution in [3.05, 3.63) is 70.3 Å². The molecule has 1 saturated heterocycles. The molecule has 7 heteroatoms. The van der Waals surface area contributed by atoms with Crippen LogP contribution < -0.4 is 4.74 Å². The highest BCUT2D eigenvalue weighted by Gasteiger charge is 2.45. The minimum atomic E-state index is -0.732. The number of ketones is 1. The first kappa shape index (κ1) is 21.9. The lowest BCUT2D eigenvalue weighted by atomic mass is 9.95. The molecule has 0 bridgehead atoms. The van der Waals surface area contributed by atoms with Crippen LogP contribution in [0.1, 0.15) is 36.9 Å². The summed E-state index contributed by atoms with van der Waals surface area (Å²) >= 11 is 5.93. The molecule has 0 radical (unpaired) electrons. The van der Waals surface area contributed by atoms with E-state index in [0.29, 0.717) is 28.4 Å². The van der Waals surface area contributed by atoms with E-state index in [9.17, 15) is 14.7 Å². The Morgan fingerprint density at radius 2 is 1.90 bits per heavy atom. The summed E-state index contributed by atoms with van der Waals surface area (Å²) in [6, 6.07) is 12.7. The molecule has 1 heterocycles. The van der Waals surface area contributed by atoms with E-state index in [-0.39, 0.29) is 24.5 Å². The number of aliphatic hydroxyl groups excluding tert-OH is 2. The zero-order chi connectivity index (χ0) is 21.7. The molecule has 2 aromatic rings. The molecule has 30 heavy (non-hydrogen) atoms. The van der Waals surface area contributed by atoms with Crippen molar-refractivity contribution in [2.45, 2.75) is 25.8 Å². The maximum absolute atomic E-state index is 12.9. The van der Waals surface area contributed by atoms with Crippen molar-refractivity contribution in [1.82, 2.24) is 4.90 Å². The zero-order valence-electron chi connectivity index (χ0n) is 16.7. The van der Waals surface area contributed by atoms with E-state index in [0.717, 1.165) is 12.8 Å². The predicted molar refractivity (Wildman–Crippen MR) is 114 cm³/mol. The lowest BCUT2D eigenvalue weighted by Crippen LogP contribution is -2.30. The standard InChI is InChI=1S/C23H24ClNO5/c1-2-3-11-25-20(16-5-4-6-18(14-16)30-13-12-26)19(22(28)23(25)29)21(27)15-7-9-17(24)10-8-15/h4-10,14,20,26-27H,2-3,11-13H2,1H3/b21-19-. The number of carbonyl (C=O) groups excluding carboxylic acids is 2. The molecule has 0 saturated carbocycles. The Morgan fingerprint density at radius 3 is 2.57 bits per heavy atom. The van der Waals surface area contributed by atoms with Gasteiger partial charge in [-0.15, -0.1) is 0 Å². The molecule has 1 fully saturated rings. The van der Waals surface area contributed by atoms with Crippen LogP contribution in [0, 0.1) is 0 Å². The fourth-order valence-corrected chi connectivity index (χ4v) is 3.61. The Balaban J connectivity index is 2.11. The summed E-state index contributed by atoms with van der Waals surface area (Å²) in [7, 11) is 0. The van der Waals surface area contributed by atoms with Gasteiger partial charge in [0, 0.05) is 17.1 Å². The van der Waals surface area contributed by atoms with Crippen LogP contribution in [-0.2, 0) is 9.59 Å². The highest BCUT2D eigenvalue weighted by Crippen LogP contribution is 2.40. The second-order valence-electron chi connectivity index (χ2n) is 7.00. The van der Waals surface area contributed by atoms with E-state index in [4.69, 9.17) is 21.4 Å². The minimum absolute atomic E-state index is 0.0396. The second kappa shape index (κ2) is 9.78. The molecule has 0 aliphatic carbocycles. The summed E-state index contributed by atoms with van der Waals surface area (Å²) < 4.78 is 5.49. The van der Waals surface area contributed by atoms with Gasteiger partial charge >= 0.3 is 0 Å². The number of nitrogens with zero attached hydrogens (tertiary/aromatic N) is 1. The Bertz CT molecular complexity index is 954. The van der Waals surface area contributed by atoms with E-state index in [1.165, 1.54) is 4.90 Å². The predicted octanol–water partition coefficient (Wildman–Crippen LogP) is 3.93. The van der Waals surface area contributed by atoms with Crippen LogP contribution in [-0.4, -0.2) is 46.6 Å². The van der Waals surface area contributed by atoms with Crippen LogP contribution in [0.15, 0.2) is 54.1 Å². The van der Waals surface area contributed by atoms with Gasteiger partial charge in [0.25, 0.3) is 11.7 Å². The number of unbranched alkanes of at least 4 members (excludes halogenated alkanes) is 1. The number of rotatable bonds is 8. The number of hydrogen-bond donors (Lipinski definition) is 2. The van der Waals surface area contributed by atoms with E-state index >= 15 is 0 Å². The summed E-state index contributed by atoms with van der Waals surface area (Å²) in [6.07, 6.45) is 1.58. The molecule has 158 valence electrons. The van der Waals surface area contributed by atoms with Crippen molar-refractivity contribution in [1.29, 1.82) is 0 Å². The topological polar surface area (TPSA) is 87.1 Å². The van der Waals surface area contributed by atoms with Gasteiger partial charge in [-0.3, -0.25) is 9.59 Å². The quantitative estimate of drug-likeness (QED) is 0.377. The van der Waals surface area contributed by atoms with Crippen molar-refractivity contribution in [3.8, 4) is 5.75 Å². The molecule has 1 aliphatic rings. The third kappa shape index (κ3) is 4.50. The van der Waals surface area contributed by atoms with Crippen molar-refractivity contribution in [3.63, 3.8) is 0 Å². The smallest absolute Gasteiger partial charge is 0.295 e. The molecule has 3 rings (SSSR count). The van der Waals surface area contributed by atoms with Crippen molar-refractivity contribution in [2.75, 3.05) is 19.8 Å². The van der Waals surface area contributed by atoms with Crippen LogP contribution in [0.4, 0.5) is 0 Å². The Hall–Kier alpha value is -2.83. The van der Waals surface area contributed by atoms with Crippen molar-refractivity contribution >= 4 is 29.1 Å². The molecule has 0 spiro atoms. The number of Topliss-reactive ketones (excluding diaryl/α,β-unsaturated/α-hetero) is 1. The van der Waals surface area contributed by atoms with E-state index in [2.05, 4.69) is 0 Å². The molecule has 2 aromatic carbocycles. The van der Waals surface area contributed by atoms with Crippen LogP contribution in [0.5, 0.6) is 5.75 Å². The van der Waals surface area contributed by atoms with Gasteiger partial charge in [-0.05, 0) is 48.4 Å². The first-order chi connectivity index (χ1) is 14.5. The molecule has 1 aliphatic heterocycles. The summed E-state index contributed by atoms with van der Waals surface area (Å²) in [5.74, 6) is -1.08. The van der Waals surface area contributed by atoms with Gasteiger partial charge in [-0.25, -0.2) is 0 Å². The van der Waals surface area contributed by atoms with Crippen LogP contribution >= 0.6 is 11.6 Å². The Morgan fingerprint density at radius 1 is 1.17 bits per heavy atom. The van der Waals surface area contributed by atoms with Crippen LogP contribution in [0.2, 0.25) is 5.02 Å². The summed E-state index contributed by atoms with van der Waals surface area (Å²) in [6.45, 7) is 2.40. The van der Waals surface area contributed by atoms with Gasteiger partial charge in [0.05, 0.1) is 18.2 Å². The van der Waals surface area contributed by atoms with Crippen molar-refractivity contribution in [2.24, 2.45) is 0 Å².